The number of nitrogens with zero attached hydrogens (tertiary/aromatic N) is 2. The molecule has 0 radical (unpaired) electrons. The first-order valence-electron chi connectivity index (χ1n) is 5.92. The van der Waals surface area contributed by atoms with E-state index in [0.717, 1.165) is 13.0 Å². The molecule has 0 atom stereocenters. The summed E-state index contributed by atoms with van der Waals surface area (Å²) in [6, 6.07) is 4.69. The van der Waals surface area contributed by atoms with Crippen LogP contribution in [-0.4, -0.2) is 51.9 Å². The molecule has 0 spiro atoms. The third kappa shape index (κ3) is 4.07. The fourth-order valence-corrected chi connectivity index (χ4v) is 3.52. The van der Waals surface area contributed by atoms with Crippen molar-refractivity contribution in [3.63, 3.8) is 0 Å². The van der Waals surface area contributed by atoms with E-state index in [1.54, 1.807) is 6.07 Å². The largest absolute Gasteiger partial charge is 0.398 e. The molecule has 1 aromatic rings. The average Bonchev–Trinajstić information content (AvgIpc) is 2.27. The number of hydrogen-bond acceptors (Lipinski definition) is 4. The Kier molecular flexibility index (Phi) is 5.61. The van der Waals surface area contributed by atoms with Gasteiger partial charge in [0.05, 0.1) is 10.7 Å². The van der Waals surface area contributed by atoms with Gasteiger partial charge in [-0.3, -0.25) is 0 Å². The normalized spacial score (nSPS) is 12.3. The topological polar surface area (TPSA) is 66.6 Å². The Hall–Kier alpha value is -0.820. The molecule has 7 heteroatoms. The molecular formula is C12H20ClN3O2S. The van der Waals surface area contributed by atoms with Crippen LogP contribution in [-0.2, 0) is 10.0 Å². The molecular weight excluding hydrogens is 286 g/mol. The van der Waals surface area contributed by atoms with Crippen molar-refractivity contribution in [2.24, 2.45) is 0 Å². The van der Waals surface area contributed by atoms with E-state index in [-0.39, 0.29) is 15.6 Å². The summed E-state index contributed by atoms with van der Waals surface area (Å²) < 4.78 is 26.1. The minimum absolute atomic E-state index is 0.0102. The van der Waals surface area contributed by atoms with Gasteiger partial charge in [-0.2, -0.15) is 0 Å². The maximum absolute atomic E-state index is 12.4. The molecule has 0 saturated carbocycles. The number of halogens is 1. The second-order valence-corrected chi connectivity index (χ2v) is 7.03. The first-order chi connectivity index (χ1) is 8.76. The zero-order valence-corrected chi connectivity index (χ0v) is 13.0. The zero-order valence-electron chi connectivity index (χ0n) is 11.4. The SMILES string of the molecule is CN(C)CCCN(C)S(=O)(=O)c1c(N)cccc1Cl. The number of nitrogens with two attached hydrogens (primary N) is 1. The molecule has 0 unspecified atom stereocenters. The monoisotopic (exact) mass is 305 g/mol. The number of anilines is 1. The van der Waals surface area contributed by atoms with E-state index < -0.39 is 10.0 Å². The van der Waals surface area contributed by atoms with Crippen LogP contribution in [0.2, 0.25) is 5.02 Å². The standard InChI is InChI=1S/C12H20ClN3O2S/c1-15(2)8-5-9-16(3)19(17,18)12-10(13)6-4-7-11(12)14/h4,6-7H,5,8-9,14H2,1-3H3. The van der Waals surface area contributed by atoms with Crippen LogP contribution < -0.4 is 5.73 Å². The molecule has 0 heterocycles. The second-order valence-electron chi connectivity index (χ2n) is 4.64. The van der Waals surface area contributed by atoms with Crippen molar-refractivity contribution >= 4 is 27.3 Å². The Morgan fingerprint density at radius 1 is 1.21 bits per heavy atom. The van der Waals surface area contributed by atoms with E-state index in [4.69, 9.17) is 17.3 Å². The highest BCUT2D eigenvalue weighted by molar-refractivity contribution is 7.89. The van der Waals surface area contributed by atoms with E-state index in [2.05, 4.69) is 0 Å². The number of rotatable bonds is 6. The van der Waals surface area contributed by atoms with Crippen LogP contribution >= 0.6 is 11.6 Å². The van der Waals surface area contributed by atoms with Gasteiger partial charge in [-0.1, -0.05) is 17.7 Å². The second kappa shape index (κ2) is 6.56. The molecule has 108 valence electrons. The molecule has 0 aliphatic carbocycles. The highest BCUT2D eigenvalue weighted by Crippen LogP contribution is 2.29. The maximum Gasteiger partial charge on any atom is 0.246 e. The predicted molar refractivity (Wildman–Crippen MR) is 78.9 cm³/mol. The van der Waals surface area contributed by atoms with Crippen molar-refractivity contribution in [1.82, 2.24) is 9.21 Å². The third-order valence-electron chi connectivity index (χ3n) is 2.74. The van der Waals surface area contributed by atoms with Crippen LogP contribution in [0.5, 0.6) is 0 Å². The van der Waals surface area contributed by atoms with Crippen LogP contribution in [0.15, 0.2) is 23.1 Å². The summed E-state index contributed by atoms with van der Waals surface area (Å²) >= 11 is 5.95. The summed E-state index contributed by atoms with van der Waals surface area (Å²) in [6.07, 6.45) is 0.743. The van der Waals surface area contributed by atoms with Crippen molar-refractivity contribution in [2.45, 2.75) is 11.3 Å². The lowest BCUT2D eigenvalue weighted by molar-refractivity contribution is 0.370. The highest BCUT2D eigenvalue weighted by atomic mass is 35.5. The number of hydrogen-bond donors (Lipinski definition) is 1. The van der Waals surface area contributed by atoms with Gasteiger partial charge in [-0.25, -0.2) is 12.7 Å². The Labute approximate surface area is 120 Å². The van der Waals surface area contributed by atoms with Crippen molar-refractivity contribution in [1.29, 1.82) is 0 Å². The molecule has 0 aromatic heterocycles. The van der Waals surface area contributed by atoms with Gasteiger partial charge in [-0.05, 0) is 39.2 Å². The fraction of sp³-hybridized carbons (Fsp3) is 0.500. The van der Waals surface area contributed by atoms with Crippen LogP contribution in [0.1, 0.15) is 6.42 Å². The predicted octanol–water partition coefficient (Wildman–Crippen LogP) is 1.49. The maximum atomic E-state index is 12.4. The van der Waals surface area contributed by atoms with E-state index >= 15 is 0 Å². The minimum Gasteiger partial charge on any atom is -0.398 e. The van der Waals surface area contributed by atoms with Crippen LogP contribution in [0, 0.1) is 0 Å². The fourth-order valence-electron chi connectivity index (χ4n) is 1.68. The van der Waals surface area contributed by atoms with Crippen molar-refractivity contribution in [2.75, 3.05) is 40.0 Å². The van der Waals surface area contributed by atoms with Gasteiger partial charge >= 0.3 is 0 Å². The first kappa shape index (κ1) is 16.2. The Morgan fingerprint density at radius 2 is 1.84 bits per heavy atom. The Bertz CT molecular complexity index is 512. The van der Waals surface area contributed by atoms with Gasteiger partial charge in [-0.15, -0.1) is 0 Å². The number of nitrogen functional groups attached to an aromatic ring is 1. The van der Waals surface area contributed by atoms with E-state index in [1.807, 2.05) is 19.0 Å². The average molecular weight is 306 g/mol. The van der Waals surface area contributed by atoms with Crippen LogP contribution in [0.3, 0.4) is 0 Å². The van der Waals surface area contributed by atoms with Crippen molar-refractivity contribution < 1.29 is 8.42 Å². The minimum atomic E-state index is -3.64. The van der Waals surface area contributed by atoms with E-state index in [0.29, 0.717) is 6.54 Å². The number of sulfonamides is 1. The molecule has 0 saturated heterocycles. The van der Waals surface area contributed by atoms with Crippen LogP contribution in [0.25, 0.3) is 0 Å². The molecule has 0 aliphatic rings. The molecule has 1 aromatic carbocycles. The van der Waals surface area contributed by atoms with Gasteiger partial charge in [0, 0.05) is 13.6 Å². The van der Waals surface area contributed by atoms with Crippen molar-refractivity contribution in [3.8, 4) is 0 Å². The lowest BCUT2D eigenvalue weighted by atomic mass is 10.3. The molecule has 0 amide bonds. The van der Waals surface area contributed by atoms with Gasteiger partial charge in [0.25, 0.3) is 0 Å². The summed E-state index contributed by atoms with van der Waals surface area (Å²) in [5, 5.41) is 0.152. The van der Waals surface area contributed by atoms with Gasteiger partial charge in [0.2, 0.25) is 10.0 Å². The lowest BCUT2D eigenvalue weighted by Gasteiger charge is -2.20. The van der Waals surface area contributed by atoms with Crippen LogP contribution in [0.4, 0.5) is 5.69 Å². The Balaban J connectivity index is 2.91. The molecule has 0 fully saturated rings. The summed E-state index contributed by atoms with van der Waals surface area (Å²) in [7, 11) is 1.79. The highest BCUT2D eigenvalue weighted by Gasteiger charge is 2.25. The summed E-state index contributed by atoms with van der Waals surface area (Å²) in [5.41, 5.74) is 5.90. The number of benzene rings is 1. The van der Waals surface area contributed by atoms with Crippen molar-refractivity contribution in [3.05, 3.63) is 23.2 Å². The van der Waals surface area contributed by atoms with Gasteiger partial charge < -0.3 is 10.6 Å². The molecule has 19 heavy (non-hydrogen) atoms. The third-order valence-corrected chi connectivity index (χ3v) is 5.15. The van der Waals surface area contributed by atoms with E-state index in [1.165, 1.54) is 23.5 Å². The summed E-state index contributed by atoms with van der Waals surface area (Å²) in [6.45, 7) is 1.24. The van der Waals surface area contributed by atoms with E-state index in [9.17, 15) is 8.42 Å². The first-order valence-corrected chi connectivity index (χ1v) is 7.73. The molecule has 0 aliphatic heterocycles. The molecule has 0 bridgehead atoms. The van der Waals surface area contributed by atoms with Gasteiger partial charge in [0.15, 0.2) is 0 Å². The smallest absolute Gasteiger partial charge is 0.246 e. The quantitative estimate of drug-likeness (QED) is 0.809. The zero-order chi connectivity index (χ0) is 14.6. The summed E-state index contributed by atoms with van der Waals surface area (Å²) in [4.78, 5) is 1.99. The lowest BCUT2D eigenvalue weighted by Crippen LogP contribution is -2.30. The summed E-state index contributed by atoms with van der Waals surface area (Å²) in [5.74, 6) is 0. The molecule has 2 N–H and O–H groups in total. The molecule has 5 nitrogen and oxygen atoms in total. The Morgan fingerprint density at radius 3 is 2.37 bits per heavy atom. The molecule has 1 rings (SSSR count). The van der Waals surface area contributed by atoms with Gasteiger partial charge in [0.1, 0.15) is 4.90 Å².